The van der Waals surface area contributed by atoms with Crippen LogP contribution < -0.4 is 20.3 Å². The highest BCUT2D eigenvalue weighted by molar-refractivity contribution is 6.35. The molecule has 150 valence electrons. The molecule has 0 aliphatic heterocycles. The monoisotopic (exact) mass is 426 g/mol. The zero-order valence-electron chi connectivity index (χ0n) is 15.3. The normalized spacial score (nSPS) is 11.4. The Labute approximate surface area is 172 Å². The number of halogens is 2. The molecule has 2 rings (SSSR count). The summed E-state index contributed by atoms with van der Waals surface area (Å²) in [6, 6.07) is 11.3. The van der Waals surface area contributed by atoms with Crippen LogP contribution in [0.4, 0.5) is 0 Å². The van der Waals surface area contributed by atoms with E-state index in [1.54, 1.807) is 43.5 Å². The van der Waals surface area contributed by atoms with E-state index in [0.717, 1.165) is 0 Å². The number of hydrazine groups is 1. The smallest absolute Gasteiger partial charge is 0.279 e. The van der Waals surface area contributed by atoms with E-state index in [4.69, 9.17) is 37.4 Å². The molecule has 0 aliphatic rings. The van der Waals surface area contributed by atoms with Crippen molar-refractivity contribution in [3.05, 3.63) is 58.1 Å². The highest BCUT2D eigenvalue weighted by atomic mass is 35.5. The molecule has 0 saturated heterocycles. The Morgan fingerprint density at radius 3 is 2.50 bits per heavy atom. The molecule has 2 aromatic rings. The highest BCUT2D eigenvalue weighted by Gasteiger charge is 2.18. The molecule has 0 fully saturated rings. The maximum absolute atomic E-state index is 12.4. The molecule has 1 atom stereocenters. The van der Waals surface area contributed by atoms with Gasteiger partial charge in [-0.05, 0) is 37.3 Å². The van der Waals surface area contributed by atoms with Crippen molar-refractivity contribution >= 4 is 35.0 Å². The van der Waals surface area contributed by atoms with Crippen molar-refractivity contribution in [3.8, 4) is 11.5 Å². The predicted octanol–water partition coefficient (Wildman–Crippen LogP) is 3.25. The maximum Gasteiger partial charge on any atom is 0.279 e. The van der Waals surface area contributed by atoms with Crippen molar-refractivity contribution in [2.24, 2.45) is 0 Å². The summed E-state index contributed by atoms with van der Waals surface area (Å²) in [5, 5.41) is 0.728. The first-order valence-corrected chi connectivity index (χ1v) is 9.10. The zero-order valence-corrected chi connectivity index (χ0v) is 16.8. The second kappa shape index (κ2) is 10.8. The number of rotatable bonds is 8. The molecular weight excluding hydrogens is 407 g/mol. The van der Waals surface area contributed by atoms with Gasteiger partial charge in [-0.3, -0.25) is 20.4 Å². The highest BCUT2D eigenvalue weighted by Crippen LogP contribution is 2.28. The molecule has 1 unspecified atom stereocenters. The van der Waals surface area contributed by atoms with E-state index in [1.165, 1.54) is 13.0 Å². The standard InChI is InChI=1S/C19H20Cl2N2O5/c1-12(28-17-8-7-13(20)11-15(17)21)18(24)22-23-19(25)14-5-3-4-6-16(14)27-10-9-26-2/h3-8,11-12H,9-10H2,1-2H3,(H,22,24)(H,23,25). The summed E-state index contributed by atoms with van der Waals surface area (Å²) < 4.78 is 15.9. The lowest BCUT2D eigenvalue weighted by Gasteiger charge is -2.16. The summed E-state index contributed by atoms with van der Waals surface area (Å²) in [5.41, 5.74) is 4.92. The molecule has 7 nitrogen and oxygen atoms in total. The summed E-state index contributed by atoms with van der Waals surface area (Å²) in [4.78, 5) is 24.6. The fourth-order valence-electron chi connectivity index (χ4n) is 2.12. The lowest BCUT2D eigenvalue weighted by molar-refractivity contribution is -0.128. The third-order valence-corrected chi connectivity index (χ3v) is 4.07. The maximum atomic E-state index is 12.4. The summed E-state index contributed by atoms with van der Waals surface area (Å²) in [6.45, 7) is 2.20. The minimum atomic E-state index is -0.910. The Hall–Kier alpha value is -2.48. The minimum absolute atomic E-state index is 0.272. The number of ether oxygens (including phenoxy) is 3. The predicted molar refractivity (Wildman–Crippen MR) is 106 cm³/mol. The second-order valence-electron chi connectivity index (χ2n) is 5.62. The average Bonchev–Trinajstić information content (AvgIpc) is 2.68. The molecule has 0 aliphatic carbocycles. The number of benzene rings is 2. The Bertz CT molecular complexity index is 832. The van der Waals surface area contributed by atoms with Gasteiger partial charge >= 0.3 is 0 Å². The first-order chi connectivity index (χ1) is 13.4. The van der Waals surface area contributed by atoms with Crippen molar-refractivity contribution in [1.29, 1.82) is 0 Å². The van der Waals surface area contributed by atoms with Crippen LogP contribution in [0.15, 0.2) is 42.5 Å². The summed E-state index contributed by atoms with van der Waals surface area (Å²) in [6.07, 6.45) is -0.910. The van der Waals surface area contributed by atoms with Crippen molar-refractivity contribution in [1.82, 2.24) is 10.9 Å². The molecule has 0 saturated carbocycles. The van der Waals surface area contributed by atoms with Crippen LogP contribution in [0.1, 0.15) is 17.3 Å². The average molecular weight is 427 g/mol. The van der Waals surface area contributed by atoms with Crippen LogP contribution in [0.25, 0.3) is 0 Å². The SMILES string of the molecule is COCCOc1ccccc1C(=O)NNC(=O)C(C)Oc1ccc(Cl)cc1Cl. The Kier molecular flexibility index (Phi) is 8.38. The lowest BCUT2D eigenvalue weighted by Crippen LogP contribution is -2.47. The molecule has 0 aromatic heterocycles. The lowest BCUT2D eigenvalue weighted by atomic mass is 10.2. The number of carbonyl (C=O) groups excluding carboxylic acids is 2. The van der Waals surface area contributed by atoms with Crippen LogP contribution in [0.5, 0.6) is 11.5 Å². The van der Waals surface area contributed by atoms with Crippen LogP contribution in [0, 0.1) is 0 Å². The van der Waals surface area contributed by atoms with E-state index < -0.39 is 17.9 Å². The van der Waals surface area contributed by atoms with Crippen LogP contribution in [0.2, 0.25) is 10.0 Å². The third kappa shape index (κ3) is 6.30. The number of amides is 2. The molecule has 0 spiro atoms. The Balaban J connectivity index is 1.92. The second-order valence-corrected chi connectivity index (χ2v) is 6.46. The number of para-hydroxylation sites is 1. The molecule has 2 N–H and O–H groups in total. The first-order valence-electron chi connectivity index (χ1n) is 8.35. The molecule has 28 heavy (non-hydrogen) atoms. The van der Waals surface area contributed by atoms with Crippen molar-refractivity contribution in [3.63, 3.8) is 0 Å². The van der Waals surface area contributed by atoms with Gasteiger partial charge in [0.15, 0.2) is 6.10 Å². The van der Waals surface area contributed by atoms with E-state index >= 15 is 0 Å². The number of methoxy groups -OCH3 is 1. The molecule has 0 bridgehead atoms. The number of hydrogen-bond donors (Lipinski definition) is 2. The van der Waals surface area contributed by atoms with Gasteiger partial charge in [0, 0.05) is 12.1 Å². The van der Waals surface area contributed by atoms with E-state index in [-0.39, 0.29) is 10.6 Å². The summed E-state index contributed by atoms with van der Waals surface area (Å²) >= 11 is 11.8. The largest absolute Gasteiger partial charge is 0.490 e. The summed E-state index contributed by atoms with van der Waals surface area (Å²) in [7, 11) is 1.55. The first kappa shape index (κ1) is 21.8. The molecule has 2 amide bonds. The zero-order chi connectivity index (χ0) is 20.5. The van der Waals surface area contributed by atoms with Gasteiger partial charge < -0.3 is 14.2 Å². The molecule has 2 aromatic carbocycles. The van der Waals surface area contributed by atoms with Gasteiger partial charge in [-0.25, -0.2) is 0 Å². The van der Waals surface area contributed by atoms with E-state index in [9.17, 15) is 9.59 Å². The van der Waals surface area contributed by atoms with Gasteiger partial charge in [-0.15, -0.1) is 0 Å². The quantitative estimate of drug-likeness (QED) is 0.499. The van der Waals surface area contributed by atoms with Gasteiger partial charge in [0.05, 0.1) is 17.2 Å². The fourth-order valence-corrected chi connectivity index (χ4v) is 2.57. The van der Waals surface area contributed by atoms with Crippen molar-refractivity contribution in [2.45, 2.75) is 13.0 Å². The van der Waals surface area contributed by atoms with Crippen LogP contribution in [-0.4, -0.2) is 38.2 Å². The van der Waals surface area contributed by atoms with Crippen LogP contribution in [0.3, 0.4) is 0 Å². The van der Waals surface area contributed by atoms with Crippen molar-refractivity contribution < 1.29 is 23.8 Å². The Morgan fingerprint density at radius 2 is 1.79 bits per heavy atom. The van der Waals surface area contributed by atoms with Crippen molar-refractivity contribution in [2.75, 3.05) is 20.3 Å². The van der Waals surface area contributed by atoms with E-state index in [2.05, 4.69) is 10.9 Å². The Morgan fingerprint density at radius 1 is 1.04 bits per heavy atom. The van der Waals surface area contributed by atoms with Crippen LogP contribution in [-0.2, 0) is 9.53 Å². The number of hydrogen-bond acceptors (Lipinski definition) is 5. The number of carbonyl (C=O) groups is 2. The molecule has 0 heterocycles. The van der Waals surface area contributed by atoms with E-state index in [1.807, 2.05) is 0 Å². The topological polar surface area (TPSA) is 85.9 Å². The van der Waals surface area contributed by atoms with Gasteiger partial charge in [0.2, 0.25) is 0 Å². The van der Waals surface area contributed by atoms with Gasteiger partial charge in [0.25, 0.3) is 11.8 Å². The third-order valence-electron chi connectivity index (χ3n) is 3.54. The minimum Gasteiger partial charge on any atom is -0.490 e. The molecular formula is C19H20Cl2N2O5. The van der Waals surface area contributed by atoms with Gasteiger partial charge in [-0.1, -0.05) is 35.3 Å². The van der Waals surface area contributed by atoms with Gasteiger partial charge in [-0.2, -0.15) is 0 Å². The molecule has 9 heteroatoms. The number of nitrogens with one attached hydrogen (secondary N) is 2. The fraction of sp³-hybridized carbons (Fsp3) is 0.263. The summed E-state index contributed by atoms with van der Waals surface area (Å²) in [5.74, 6) is -0.407. The van der Waals surface area contributed by atoms with Gasteiger partial charge in [0.1, 0.15) is 18.1 Å². The van der Waals surface area contributed by atoms with Crippen LogP contribution >= 0.6 is 23.2 Å². The van der Waals surface area contributed by atoms with E-state index in [0.29, 0.717) is 29.7 Å². The molecule has 0 radical (unpaired) electrons.